The Hall–Kier alpha value is -1.75. The molecule has 0 aliphatic carbocycles. The Morgan fingerprint density at radius 3 is 2.81 bits per heavy atom. The maximum Gasteiger partial charge on any atom is 0.342 e. The van der Waals surface area contributed by atoms with Crippen molar-refractivity contribution in [1.82, 2.24) is 0 Å². The van der Waals surface area contributed by atoms with Crippen LogP contribution in [0.1, 0.15) is 48.5 Å². The highest BCUT2D eigenvalue weighted by atomic mass is 16.5. The van der Waals surface area contributed by atoms with E-state index in [1.165, 1.54) is 6.07 Å². The molecule has 1 fully saturated rings. The van der Waals surface area contributed by atoms with Gasteiger partial charge in [-0.05, 0) is 37.8 Å². The van der Waals surface area contributed by atoms with E-state index in [2.05, 4.69) is 6.92 Å². The van der Waals surface area contributed by atoms with Gasteiger partial charge in [0.25, 0.3) is 0 Å². The van der Waals surface area contributed by atoms with Crippen molar-refractivity contribution < 1.29 is 24.5 Å². The van der Waals surface area contributed by atoms with Crippen LogP contribution in [0.2, 0.25) is 0 Å². The molecule has 1 aromatic carbocycles. The van der Waals surface area contributed by atoms with Gasteiger partial charge in [0.05, 0.1) is 12.2 Å². The Kier molecular flexibility index (Phi) is 3.76. The molecule has 21 heavy (non-hydrogen) atoms. The van der Waals surface area contributed by atoms with Crippen LogP contribution in [-0.2, 0) is 15.9 Å². The smallest absolute Gasteiger partial charge is 0.342 e. The van der Waals surface area contributed by atoms with Gasteiger partial charge in [0.1, 0.15) is 23.2 Å². The molecule has 3 atom stereocenters. The van der Waals surface area contributed by atoms with Gasteiger partial charge in [-0.3, -0.25) is 0 Å². The Balaban J connectivity index is 1.74. The van der Waals surface area contributed by atoms with E-state index in [0.29, 0.717) is 18.4 Å². The molecule has 0 amide bonds. The molecular formula is C16H20O5. The lowest BCUT2D eigenvalue weighted by Crippen LogP contribution is -2.34. The number of esters is 1. The van der Waals surface area contributed by atoms with Crippen LogP contribution in [0.15, 0.2) is 12.1 Å². The van der Waals surface area contributed by atoms with Crippen LogP contribution < -0.4 is 0 Å². The van der Waals surface area contributed by atoms with Crippen molar-refractivity contribution in [2.45, 2.75) is 57.3 Å². The van der Waals surface area contributed by atoms with E-state index >= 15 is 0 Å². The molecule has 3 rings (SSSR count). The van der Waals surface area contributed by atoms with Crippen LogP contribution in [0.25, 0.3) is 0 Å². The zero-order valence-corrected chi connectivity index (χ0v) is 12.0. The second kappa shape index (κ2) is 5.56. The summed E-state index contributed by atoms with van der Waals surface area (Å²) < 4.78 is 11.3. The molecule has 0 unspecified atom stereocenters. The Bertz CT molecular complexity index is 554. The average molecular weight is 292 g/mol. The van der Waals surface area contributed by atoms with Crippen molar-refractivity contribution in [3.8, 4) is 11.5 Å². The number of ether oxygens (including phenoxy) is 2. The molecular weight excluding hydrogens is 272 g/mol. The van der Waals surface area contributed by atoms with E-state index in [4.69, 9.17) is 9.47 Å². The van der Waals surface area contributed by atoms with E-state index < -0.39 is 5.97 Å². The molecule has 2 aliphatic rings. The molecule has 0 radical (unpaired) electrons. The van der Waals surface area contributed by atoms with Gasteiger partial charge < -0.3 is 19.7 Å². The summed E-state index contributed by atoms with van der Waals surface area (Å²) in [5.41, 5.74) is 0.805. The fraction of sp³-hybridized carbons (Fsp3) is 0.562. The summed E-state index contributed by atoms with van der Waals surface area (Å²) in [6, 6.07) is 2.68. The topological polar surface area (TPSA) is 76.0 Å². The molecule has 1 aromatic rings. The van der Waals surface area contributed by atoms with Gasteiger partial charge in [-0.15, -0.1) is 0 Å². The minimum Gasteiger partial charge on any atom is -0.508 e. The van der Waals surface area contributed by atoms with Crippen LogP contribution in [0.5, 0.6) is 11.5 Å². The average Bonchev–Trinajstić information content (AvgIpc) is 2.37. The van der Waals surface area contributed by atoms with Gasteiger partial charge in [0.2, 0.25) is 0 Å². The maximum atomic E-state index is 12.0. The van der Waals surface area contributed by atoms with E-state index in [0.717, 1.165) is 25.3 Å². The Morgan fingerprint density at radius 2 is 2.05 bits per heavy atom. The summed E-state index contributed by atoms with van der Waals surface area (Å²) in [6.45, 7) is 2.06. The number of aromatic hydroxyl groups is 2. The minimum atomic E-state index is -0.525. The van der Waals surface area contributed by atoms with E-state index in [1.807, 2.05) is 0 Å². The van der Waals surface area contributed by atoms with Crippen molar-refractivity contribution >= 4 is 5.97 Å². The molecule has 0 bridgehead atoms. The van der Waals surface area contributed by atoms with E-state index in [-0.39, 0.29) is 35.4 Å². The van der Waals surface area contributed by atoms with Crippen LogP contribution in [0, 0.1) is 0 Å². The standard InChI is InChI=1S/C16H20O5/c1-9-3-2-4-12(20-9)8-13-6-10-5-11(17)7-14(18)15(10)16(19)21-13/h5,7,9,12-13,17-18H,2-4,6,8H2,1H3/t9-,12-,13+/m0/s1. The van der Waals surface area contributed by atoms with Gasteiger partial charge >= 0.3 is 5.97 Å². The molecule has 2 N–H and O–H groups in total. The van der Waals surface area contributed by atoms with E-state index in [1.54, 1.807) is 0 Å². The van der Waals surface area contributed by atoms with Crippen molar-refractivity contribution in [3.63, 3.8) is 0 Å². The van der Waals surface area contributed by atoms with Gasteiger partial charge in [0.15, 0.2) is 0 Å². The number of carbonyl (C=O) groups excluding carboxylic acids is 1. The van der Waals surface area contributed by atoms with Crippen LogP contribution in [0.3, 0.4) is 0 Å². The summed E-state index contributed by atoms with van der Waals surface area (Å²) in [7, 11) is 0. The highest BCUT2D eigenvalue weighted by Gasteiger charge is 2.32. The lowest BCUT2D eigenvalue weighted by molar-refractivity contribution is -0.0647. The summed E-state index contributed by atoms with van der Waals surface area (Å²) in [6.07, 6.45) is 4.44. The predicted octanol–water partition coefficient (Wildman–Crippen LogP) is 2.53. The first kappa shape index (κ1) is 14.2. The number of hydrogen-bond acceptors (Lipinski definition) is 5. The first-order chi connectivity index (χ1) is 10.0. The number of hydrogen-bond donors (Lipinski definition) is 2. The molecule has 0 saturated carbocycles. The summed E-state index contributed by atoms with van der Waals surface area (Å²) in [5.74, 6) is -0.791. The van der Waals surface area contributed by atoms with Crippen LogP contribution >= 0.6 is 0 Å². The number of phenolic OH excluding ortho intramolecular Hbond substituents is 2. The second-order valence-electron chi connectivity index (χ2n) is 5.97. The zero-order chi connectivity index (χ0) is 15.0. The number of cyclic esters (lactones) is 1. The number of benzene rings is 1. The lowest BCUT2D eigenvalue weighted by Gasteiger charge is -2.32. The van der Waals surface area contributed by atoms with E-state index in [9.17, 15) is 15.0 Å². The van der Waals surface area contributed by atoms with Gasteiger partial charge in [-0.25, -0.2) is 4.79 Å². The quantitative estimate of drug-likeness (QED) is 0.819. The van der Waals surface area contributed by atoms with Crippen molar-refractivity contribution in [2.75, 3.05) is 0 Å². The predicted molar refractivity (Wildman–Crippen MR) is 75.5 cm³/mol. The normalized spacial score (nSPS) is 28.8. The highest BCUT2D eigenvalue weighted by Crippen LogP contribution is 2.34. The maximum absolute atomic E-state index is 12.0. The largest absolute Gasteiger partial charge is 0.508 e. The molecule has 1 saturated heterocycles. The van der Waals surface area contributed by atoms with Gasteiger partial charge in [0, 0.05) is 18.9 Å². The third-order valence-corrected chi connectivity index (χ3v) is 4.20. The number of carbonyl (C=O) groups is 1. The Morgan fingerprint density at radius 1 is 1.24 bits per heavy atom. The first-order valence-electron chi connectivity index (χ1n) is 7.44. The molecule has 0 spiro atoms. The molecule has 5 nitrogen and oxygen atoms in total. The monoisotopic (exact) mass is 292 g/mol. The van der Waals surface area contributed by atoms with Crippen molar-refractivity contribution in [1.29, 1.82) is 0 Å². The molecule has 0 aromatic heterocycles. The van der Waals surface area contributed by atoms with Gasteiger partial charge in [-0.1, -0.05) is 0 Å². The summed E-state index contributed by atoms with van der Waals surface area (Å²) >= 11 is 0. The third-order valence-electron chi connectivity index (χ3n) is 4.20. The second-order valence-corrected chi connectivity index (χ2v) is 5.97. The zero-order valence-electron chi connectivity index (χ0n) is 12.0. The summed E-state index contributed by atoms with van der Waals surface area (Å²) in [4.78, 5) is 12.0. The van der Waals surface area contributed by atoms with Crippen molar-refractivity contribution in [3.05, 3.63) is 23.3 Å². The lowest BCUT2D eigenvalue weighted by atomic mass is 9.92. The fourth-order valence-electron chi connectivity index (χ4n) is 3.26. The fourth-order valence-corrected chi connectivity index (χ4v) is 3.26. The SMILES string of the molecule is C[C@H]1CCC[C@@H](C[C@H]2Cc3cc(O)cc(O)c3C(=O)O2)O1. The first-order valence-corrected chi connectivity index (χ1v) is 7.44. The Labute approximate surface area is 123 Å². The molecule has 5 heteroatoms. The number of fused-ring (bicyclic) bond motifs is 1. The number of phenols is 2. The molecule has 2 heterocycles. The molecule has 2 aliphatic heterocycles. The highest BCUT2D eigenvalue weighted by molar-refractivity contribution is 5.95. The minimum absolute atomic E-state index is 0.0396. The van der Waals surface area contributed by atoms with Crippen LogP contribution in [-0.4, -0.2) is 34.5 Å². The van der Waals surface area contributed by atoms with Crippen LogP contribution in [0.4, 0.5) is 0 Å². The number of rotatable bonds is 2. The third kappa shape index (κ3) is 2.97. The van der Waals surface area contributed by atoms with Gasteiger partial charge in [-0.2, -0.15) is 0 Å². The summed E-state index contributed by atoms with van der Waals surface area (Å²) in [5, 5.41) is 19.3. The van der Waals surface area contributed by atoms with Crippen molar-refractivity contribution in [2.24, 2.45) is 0 Å². The molecule has 114 valence electrons.